The summed E-state index contributed by atoms with van der Waals surface area (Å²) in [6, 6.07) is 12.9. The summed E-state index contributed by atoms with van der Waals surface area (Å²) in [5.74, 6) is -0.200. The number of esters is 1. The molecule has 0 bridgehead atoms. The molecule has 1 aromatic heterocycles. The molecule has 26 heavy (non-hydrogen) atoms. The number of aromatic nitrogens is 3. The first-order valence-corrected chi connectivity index (χ1v) is 7.91. The maximum Gasteiger partial charge on any atom is 0.338 e. The Kier molecular flexibility index (Phi) is 5.33. The normalized spacial score (nSPS) is 10.2. The van der Waals surface area contributed by atoms with Gasteiger partial charge in [0, 0.05) is 5.69 Å². The highest BCUT2D eigenvalue weighted by Crippen LogP contribution is 2.19. The van der Waals surface area contributed by atoms with Crippen molar-refractivity contribution in [1.82, 2.24) is 15.2 Å². The molecule has 3 rings (SSSR count). The number of nitrogens with zero attached hydrogens (tertiary/aromatic N) is 3. The van der Waals surface area contributed by atoms with Crippen molar-refractivity contribution in [2.75, 3.05) is 17.2 Å². The van der Waals surface area contributed by atoms with Crippen LogP contribution in [0.3, 0.4) is 0 Å². The van der Waals surface area contributed by atoms with Gasteiger partial charge < -0.3 is 15.4 Å². The minimum absolute atomic E-state index is 0.232. The van der Waals surface area contributed by atoms with Crippen LogP contribution in [0.5, 0.6) is 0 Å². The van der Waals surface area contributed by atoms with Crippen molar-refractivity contribution in [2.45, 2.75) is 6.92 Å². The van der Waals surface area contributed by atoms with Crippen molar-refractivity contribution in [1.29, 1.82) is 0 Å². The molecule has 132 valence electrons. The zero-order valence-electron chi connectivity index (χ0n) is 13.9. The summed E-state index contributed by atoms with van der Waals surface area (Å²) < 4.78 is 18.6. The summed E-state index contributed by atoms with van der Waals surface area (Å²) in [6.45, 7) is 2.07. The number of anilines is 4. The van der Waals surface area contributed by atoms with E-state index in [1.807, 2.05) is 0 Å². The quantitative estimate of drug-likeness (QED) is 0.654. The van der Waals surface area contributed by atoms with Gasteiger partial charge in [-0.3, -0.25) is 0 Å². The highest BCUT2D eigenvalue weighted by molar-refractivity contribution is 5.89. The Balaban J connectivity index is 1.71. The van der Waals surface area contributed by atoms with Crippen LogP contribution < -0.4 is 10.6 Å². The van der Waals surface area contributed by atoms with Gasteiger partial charge in [0.2, 0.25) is 5.95 Å². The van der Waals surface area contributed by atoms with Gasteiger partial charge in [-0.25, -0.2) is 9.18 Å². The molecule has 0 fully saturated rings. The summed E-state index contributed by atoms with van der Waals surface area (Å²) in [5, 5.41) is 13.5. The van der Waals surface area contributed by atoms with Gasteiger partial charge in [0.25, 0.3) is 0 Å². The van der Waals surface area contributed by atoms with Gasteiger partial charge in [-0.15, -0.1) is 5.10 Å². The fourth-order valence-corrected chi connectivity index (χ4v) is 2.15. The molecule has 2 N–H and O–H groups in total. The van der Waals surface area contributed by atoms with Crippen LogP contribution in [0, 0.1) is 5.82 Å². The Morgan fingerprint density at radius 1 is 1.12 bits per heavy atom. The number of carbonyl (C=O) groups is 1. The molecule has 3 aromatic rings. The number of rotatable bonds is 6. The molecule has 8 heteroatoms. The molecule has 1 heterocycles. The zero-order valence-corrected chi connectivity index (χ0v) is 13.9. The number of nitrogens with one attached hydrogen (secondary N) is 2. The van der Waals surface area contributed by atoms with Crippen LogP contribution in [0.1, 0.15) is 17.3 Å². The lowest BCUT2D eigenvalue weighted by molar-refractivity contribution is 0.0526. The highest BCUT2D eigenvalue weighted by Gasteiger charge is 2.07. The lowest BCUT2D eigenvalue weighted by Crippen LogP contribution is -2.05. The molecule has 0 spiro atoms. The van der Waals surface area contributed by atoms with Crippen molar-refractivity contribution in [3.63, 3.8) is 0 Å². The molecule has 0 aliphatic carbocycles. The molecule has 0 saturated carbocycles. The molecule has 0 aliphatic rings. The van der Waals surface area contributed by atoms with E-state index in [1.54, 1.807) is 49.4 Å². The van der Waals surface area contributed by atoms with E-state index < -0.39 is 5.82 Å². The molecular weight excluding hydrogens is 337 g/mol. The number of hydrogen-bond donors (Lipinski definition) is 2. The molecule has 0 saturated heterocycles. The Morgan fingerprint density at radius 3 is 2.62 bits per heavy atom. The minimum Gasteiger partial charge on any atom is -0.462 e. The highest BCUT2D eigenvalue weighted by atomic mass is 19.1. The third kappa shape index (κ3) is 4.29. The Bertz CT molecular complexity index is 902. The van der Waals surface area contributed by atoms with Gasteiger partial charge in [-0.2, -0.15) is 10.1 Å². The van der Waals surface area contributed by atoms with E-state index in [-0.39, 0.29) is 17.6 Å². The topological polar surface area (TPSA) is 89.0 Å². The van der Waals surface area contributed by atoms with Crippen LogP contribution >= 0.6 is 0 Å². The second-order valence-corrected chi connectivity index (χ2v) is 5.19. The number of para-hydroxylation sites is 1. The standard InChI is InChI=1S/C18H16FN5O2/c1-2-26-17(25)12-7-9-13(10-8-12)21-18-23-16(11-20-24-18)22-15-6-4-3-5-14(15)19/h3-11H,2H2,1H3,(H2,21,22,23,24). The Morgan fingerprint density at radius 2 is 1.88 bits per heavy atom. The SMILES string of the molecule is CCOC(=O)c1ccc(Nc2nncc(Nc3ccccc3F)n2)cc1. The van der Waals surface area contributed by atoms with Crippen molar-refractivity contribution in [3.05, 3.63) is 66.1 Å². The van der Waals surface area contributed by atoms with E-state index in [9.17, 15) is 9.18 Å². The predicted octanol–water partition coefficient (Wildman–Crippen LogP) is 3.67. The lowest BCUT2D eigenvalue weighted by Gasteiger charge is -2.08. The first kappa shape index (κ1) is 17.3. The van der Waals surface area contributed by atoms with E-state index in [0.29, 0.717) is 23.7 Å². The summed E-state index contributed by atoms with van der Waals surface area (Å²) in [5.41, 5.74) is 1.41. The number of ether oxygens (including phenoxy) is 1. The van der Waals surface area contributed by atoms with E-state index in [1.165, 1.54) is 12.3 Å². The van der Waals surface area contributed by atoms with Crippen molar-refractivity contribution in [3.8, 4) is 0 Å². The number of benzene rings is 2. The van der Waals surface area contributed by atoms with E-state index in [4.69, 9.17) is 4.74 Å². The van der Waals surface area contributed by atoms with Crippen LogP contribution in [0.4, 0.5) is 27.5 Å². The second-order valence-electron chi connectivity index (χ2n) is 5.19. The Labute approximate surface area is 149 Å². The first-order valence-electron chi connectivity index (χ1n) is 7.91. The maximum atomic E-state index is 13.7. The first-order chi connectivity index (χ1) is 12.7. The monoisotopic (exact) mass is 353 g/mol. The van der Waals surface area contributed by atoms with E-state index >= 15 is 0 Å². The predicted molar refractivity (Wildman–Crippen MR) is 95.2 cm³/mol. The van der Waals surface area contributed by atoms with Gasteiger partial charge in [0.05, 0.1) is 24.1 Å². The maximum absolute atomic E-state index is 13.7. The summed E-state index contributed by atoms with van der Waals surface area (Å²) in [6.07, 6.45) is 1.39. The molecule has 2 aromatic carbocycles. The molecular formula is C18H16FN5O2. The van der Waals surface area contributed by atoms with Crippen LogP contribution in [0.15, 0.2) is 54.7 Å². The third-order valence-corrected chi connectivity index (χ3v) is 3.35. The van der Waals surface area contributed by atoms with Crippen LogP contribution in [0.2, 0.25) is 0 Å². The fourth-order valence-electron chi connectivity index (χ4n) is 2.15. The summed E-state index contributed by atoms with van der Waals surface area (Å²) in [7, 11) is 0. The fraction of sp³-hybridized carbons (Fsp3) is 0.111. The van der Waals surface area contributed by atoms with Crippen LogP contribution in [-0.4, -0.2) is 27.8 Å². The van der Waals surface area contributed by atoms with Gasteiger partial charge >= 0.3 is 5.97 Å². The smallest absolute Gasteiger partial charge is 0.338 e. The van der Waals surface area contributed by atoms with E-state index in [2.05, 4.69) is 25.8 Å². The second kappa shape index (κ2) is 8.02. The molecule has 0 aliphatic heterocycles. The van der Waals surface area contributed by atoms with Crippen molar-refractivity contribution in [2.24, 2.45) is 0 Å². The lowest BCUT2D eigenvalue weighted by atomic mass is 10.2. The number of carbonyl (C=O) groups excluding carboxylic acids is 1. The number of halogens is 1. The average Bonchev–Trinajstić information content (AvgIpc) is 2.65. The van der Waals surface area contributed by atoms with E-state index in [0.717, 1.165) is 0 Å². The number of hydrogen-bond acceptors (Lipinski definition) is 7. The van der Waals surface area contributed by atoms with Gasteiger partial charge in [0.15, 0.2) is 5.82 Å². The van der Waals surface area contributed by atoms with Gasteiger partial charge in [-0.05, 0) is 43.3 Å². The van der Waals surface area contributed by atoms with Crippen LogP contribution in [-0.2, 0) is 4.74 Å². The largest absolute Gasteiger partial charge is 0.462 e. The van der Waals surface area contributed by atoms with Gasteiger partial charge in [-0.1, -0.05) is 12.1 Å². The zero-order chi connectivity index (χ0) is 18.4. The average molecular weight is 353 g/mol. The van der Waals surface area contributed by atoms with Crippen LogP contribution in [0.25, 0.3) is 0 Å². The summed E-state index contributed by atoms with van der Waals surface area (Å²) in [4.78, 5) is 15.9. The molecule has 0 atom stereocenters. The molecule has 7 nitrogen and oxygen atoms in total. The molecule has 0 amide bonds. The molecule has 0 radical (unpaired) electrons. The summed E-state index contributed by atoms with van der Waals surface area (Å²) >= 11 is 0. The van der Waals surface area contributed by atoms with Crippen molar-refractivity contribution < 1.29 is 13.9 Å². The molecule has 0 unspecified atom stereocenters. The minimum atomic E-state index is -0.393. The van der Waals surface area contributed by atoms with Gasteiger partial charge in [0.1, 0.15) is 5.82 Å². The Hall–Kier alpha value is -3.55. The van der Waals surface area contributed by atoms with Crippen molar-refractivity contribution >= 4 is 29.1 Å². The third-order valence-electron chi connectivity index (χ3n) is 3.35.